The minimum atomic E-state index is -0.174. The van der Waals surface area contributed by atoms with Crippen LogP contribution in [0.1, 0.15) is 53.9 Å². The first-order chi connectivity index (χ1) is 13.7. The summed E-state index contributed by atoms with van der Waals surface area (Å²) >= 11 is 0. The van der Waals surface area contributed by atoms with Gasteiger partial charge in [0.2, 0.25) is 5.89 Å². The molecular formula is C19H27N5O4. The van der Waals surface area contributed by atoms with E-state index in [0.717, 1.165) is 45.5 Å². The van der Waals surface area contributed by atoms with Gasteiger partial charge in [-0.1, -0.05) is 5.16 Å². The lowest BCUT2D eigenvalue weighted by molar-refractivity contribution is 0.0211. The van der Waals surface area contributed by atoms with E-state index < -0.39 is 0 Å². The van der Waals surface area contributed by atoms with Gasteiger partial charge in [0.15, 0.2) is 5.82 Å². The zero-order valence-electron chi connectivity index (χ0n) is 16.2. The van der Waals surface area contributed by atoms with Crippen LogP contribution in [0.15, 0.2) is 16.8 Å². The van der Waals surface area contributed by atoms with Crippen molar-refractivity contribution in [3.8, 4) is 0 Å². The number of carbonyl (C=O) groups is 1. The van der Waals surface area contributed by atoms with Crippen LogP contribution in [0.5, 0.6) is 0 Å². The summed E-state index contributed by atoms with van der Waals surface area (Å²) in [5.74, 6) is 1.66. The van der Waals surface area contributed by atoms with Crippen molar-refractivity contribution in [2.45, 2.75) is 38.1 Å². The van der Waals surface area contributed by atoms with Gasteiger partial charge in [0, 0.05) is 46.0 Å². The van der Waals surface area contributed by atoms with E-state index in [4.69, 9.17) is 14.0 Å². The Labute approximate surface area is 164 Å². The van der Waals surface area contributed by atoms with Gasteiger partial charge in [0.05, 0.1) is 6.61 Å². The van der Waals surface area contributed by atoms with Crippen LogP contribution in [0, 0.1) is 5.92 Å². The van der Waals surface area contributed by atoms with Gasteiger partial charge in [-0.15, -0.1) is 0 Å². The van der Waals surface area contributed by atoms with Gasteiger partial charge < -0.3 is 18.9 Å². The molecule has 2 fully saturated rings. The molecule has 0 aliphatic carbocycles. The van der Waals surface area contributed by atoms with E-state index >= 15 is 0 Å². The number of ether oxygens (including phenoxy) is 2. The van der Waals surface area contributed by atoms with E-state index in [1.54, 1.807) is 28.9 Å². The second-order valence-electron chi connectivity index (χ2n) is 7.43. The molecule has 4 heterocycles. The summed E-state index contributed by atoms with van der Waals surface area (Å²) in [6.07, 6.45) is 6.10. The third kappa shape index (κ3) is 4.25. The largest absolute Gasteiger partial charge is 0.381 e. The Morgan fingerprint density at radius 2 is 2.18 bits per heavy atom. The molecular weight excluding hydrogens is 362 g/mol. The molecule has 2 saturated heterocycles. The molecule has 1 atom stereocenters. The van der Waals surface area contributed by atoms with Crippen LogP contribution in [0.2, 0.25) is 0 Å². The van der Waals surface area contributed by atoms with Crippen molar-refractivity contribution in [2.75, 3.05) is 33.0 Å². The number of hydrogen-bond donors (Lipinski definition) is 0. The second-order valence-corrected chi connectivity index (χ2v) is 7.43. The fourth-order valence-corrected chi connectivity index (χ4v) is 3.83. The molecule has 2 aliphatic heterocycles. The highest BCUT2D eigenvalue weighted by Crippen LogP contribution is 2.32. The zero-order valence-corrected chi connectivity index (χ0v) is 16.2. The van der Waals surface area contributed by atoms with E-state index in [-0.39, 0.29) is 11.9 Å². The summed E-state index contributed by atoms with van der Waals surface area (Å²) in [7, 11) is 1.77. The number of aryl methyl sites for hydroxylation is 1. The molecule has 1 unspecified atom stereocenters. The highest BCUT2D eigenvalue weighted by atomic mass is 16.5. The summed E-state index contributed by atoms with van der Waals surface area (Å²) < 4.78 is 18.2. The molecule has 152 valence electrons. The molecule has 9 heteroatoms. The number of aromatic nitrogens is 4. The van der Waals surface area contributed by atoms with Crippen molar-refractivity contribution in [1.82, 2.24) is 24.8 Å². The standard InChI is InChI=1S/C19H27N5O4/c1-23-16(4-8-20-23)19(25)24-9-2-3-15(24)18-21-17(22-28-18)7-12-27-13-14-5-10-26-11-6-14/h4,8,14-15H,2-3,5-7,9-13H2,1H3. The summed E-state index contributed by atoms with van der Waals surface area (Å²) in [4.78, 5) is 19.1. The van der Waals surface area contributed by atoms with Gasteiger partial charge >= 0.3 is 0 Å². The molecule has 0 aromatic carbocycles. The molecule has 2 aromatic heterocycles. The summed E-state index contributed by atoms with van der Waals surface area (Å²) in [6.45, 7) is 3.66. The average Bonchev–Trinajstić information content (AvgIpc) is 3.46. The Hall–Kier alpha value is -2.26. The first kappa shape index (κ1) is 19.1. The number of carbonyl (C=O) groups excluding carboxylic acids is 1. The number of nitrogens with zero attached hydrogens (tertiary/aromatic N) is 5. The predicted molar refractivity (Wildman–Crippen MR) is 98.6 cm³/mol. The first-order valence-corrected chi connectivity index (χ1v) is 9.99. The predicted octanol–water partition coefficient (Wildman–Crippen LogP) is 1.77. The van der Waals surface area contributed by atoms with E-state index in [2.05, 4.69) is 15.2 Å². The number of hydrogen-bond acceptors (Lipinski definition) is 7. The van der Waals surface area contributed by atoms with Crippen molar-refractivity contribution < 1.29 is 18.8 Å². The number of amides is 1. The first-order valence-electron chi connectivity index (χ1n) is 9.99. The van der Waals surface area contributed by atoms with Crippen LogP contribution in [-0.2, 0) is 22.9 Å². The highest BCUT2D eigenvalue weighted by Gasteiger charge is 2.35. The van der Waals surface area contributed by atoms with Crippen molar-refractivity contribution in [3.05, 3.63) is 29.7 Å². The molecule has 9 nitrogen and oxygen atoms in total. The zero-order chi connectivity index (χ0) is 19.3. The van der Waals surface area contributed by atoms with E-state index in [0.29, 0.717) is 42.9 Å². The van der Waals surface area contributed by atoms with E-state index in [1.165, 1.54) is 0 Å². The van der Waals surface area contributed by atoms with Crippen LogP contribution >= 0.6 is 0 Å². The van der Waals surface area contributed by atoms with Gasteiger partial charge in [-0.3, -0.25) is 9.48 Å². The molecule has 0 bridgehead atoms. The Morgan fingerprint density at radius 3 is 2.96 bits per heavy atom. The number of rotatable bonds is 7. The molecule has 0 N–H and O–H groups in total. The maximum absolute atomic E-state index is 12.8. The van der Waals surface area contributed by atoms with Crippen LogP contribution in [0.3, 0.4) is 0 Å². The minimum absolute atomic E-state index is 0.0537. The normalized spacial score (nSPS) is 20.8. The Bertz CT molecular complexity index is 783. The van der Waals surface area contributed by atoms with Gasteiger partial charge in [0.25, 0.3) is 5.91 Å². The lowest BCUT2D eigenvalue weighted by atomic mass is 10.0. The third-order valence-electron chi connectivity index (χ3n) is 5.49. The Balaban J connectivity index is 1.30. The molecule has 4 rings (SSSR count). The lowest BCUT2D eigenvalue weighted by Gasteiger charge is -2.21. The molecule has 1 amide bonds. The van der Waals surface area contributed by atoms with Crippen molar-refractivity contribution >= 4 is 5.91 Å². The lowest BCUT2D eigenvalue weighted by Crippen LogP contribution is -2.32. The van der Waals surface area contributed by atoms with Crippen molar-refractivity contribution in [1.29, 1.82) is 0 Å². The van der Waals surface area contributed by atoms with E-state index in [9.17, 15) is 4.79 Å². The maximum atomic E-state index is 12.8. The average molecular weight is 389 g/mol. The van der Waals surface area contributed by atoms with Gasteiger partial charge in [-0.2, -0.15) is 10.1 Å². The fraction of sp³-hybridized carbons (Fsp3) is 0.684. The van der Waals surface area contributed by atoms with Gasteiger partial charge in [-0.25, -0.2) is 0 Å². The molecule has 2 aromatic rings. The summed E-state index contributed by atoms with van der Waals surface area (Å²) in [5, 5.41) is 8.16. The summed E-state index contributed by atoms with van der Waals surface area (Å²) in [6, 6.07) is 1.55. The van der Waals surface area contributed by atoms with Crippen LogP contribution < -0.4 is 0 Å². The highest BCUT2D eigenvalue weighted by molar-refractivity contribution is 5.92. The number of likely N-dealkylation sites (tertiary alicyclic amines) is 1. The Kier molecular flexibility index (Phi) is 6.01. The minimum Gasteiger partial charge on any atom is -0.381 e. The molecule has 28 heavy (non-hydrogen) atoms. The van der Waals surface area contributed by atoms with Crippen LogP contribution in [0.25, 0.3) is 0 Å². The Morgan fingerprint density at radius 1 is 1.32 bits per heavy atom. The topological polar surface area (TPSA) is 95.5 Å². The molecule has 0 spiro atoms. The van der Waals surface area contributed by atoms with Gasteiger partial charge in [-0.05, 0) is 37.7 Å². The van der Waals surface area contributed by atoms with Gasteiger partial charge in [0.1, 0.15) is 11.7 Å². The fourth-order valence-electron chi connectivity index (χ4n) is 3.83. The second kappa shape index (κ2) is 8.83. The summed E-state index contributed by atoms with van der Waals surface area (Å²) in [5.41, 5.74) is 0.563. The van der Waals surface area contributed by atoms with Crippen LogP contribution in [-0.4, -0.2) is 63.7 Å². The molecule has 0 radical (unpaired) electrons. The quantitative estimate of drug-likeness (QED) is 0.666. The maximum Gasteiger partial charge on any atom is 0.272 e. The van der Waals surface area contributed by atoms with Crippen molar-refractivity contribution in [3.63, 3.8) is 0 Å². The molecule has 2 aliphatic rings. The monoisotopic (exact) mass is 389 g/mol. The third-order valence-corrected chi connectivity index (χ3v) is 5.49. The van der Waals surface area contributed by atoms with Crippen LogP contribution in [0.4, 0.5) is 0 Å². The smallest absolute Gasteiger partial charge is 0.272 e. The van der Waals surface area contributed by atoms with Crippen molar-refractivity contribution in [2.24, 2.45) is 13.0 Å². The SMILES string of the molecule is Cn1nccc1C(=O)N1CCCC1c1nc(CCOCC2CCOCC2)no1. The van der Waals surface area contributed by atoms with E-state index in [1.807, 2.05) is 0 Å². The molecule has 0 saturated carbocycles.